The first-order chi connectivity index (χ1) is 12.3. The van der Waals surface area contributed by atoms with Crippen LogP contribution in [0.3, 0.4) is 0 Å². The third-order valence-corrected chi connectivity index (χ3v) is 5.25. The molecule has 1 aromatic carbocycles. The van der Waals surface area contributed by atoms with E-state index in [9.17, 15) is 0 Å². The van der Waals surface area contributed by atoms with E-state index in [0.717, 1.165) is 32.0 Å². The molecule has 1 aromatic heterocycles. The standard InChI is InChI=1S/C20H31N5.HI/c1-3-25-13-7-6-8-17(25)15-24-20(21-2)22-12-11-16-14-23-19-10-5-4-9-18(16)19;/h4-5,9-10,14,17,23H,3,6-8,11-13,15H2,1-2H3,(H2,21,22,24);1H. The van der Waals surface area contributed by atoms with Crippen LogP contribution in [0.25, 0.3) is 10.9 Å². The summed E-state index contributed by atoms with van der Waals surface area (Å²) in [5.41, 5.74) is 2.56. The third-order valence-electron chi connectivity index (χ3n) is 5.25. The van der Waals surface area contributed by atoms with Gasteiger partial charge in [0.1, 0.15) is 0 Å². The molecule has 3 rings (SSSR count). The van der Waals surface area contributed by atoms with Gasteiger partial charge in [0.05, 0.1) is 0 Å². The fraction of sp³-hybridized carbons (Fsp3) is 0.550. The van der Waals surface area contributed by atoms with Crippen LogP contribution in [0.5, 0.6) is 0 Å². The van der Waals surface area contributed by atoms with Crippen LogP contribution in [0.2, 0.25) is 0 Å². The van der Waals surface area contributed by atoms with Gasteiger partial charge in [-0.1, -0.05) is 31.5 Å². The lowest BCUT2D eigenvalue weighted by molar-refractivity contribution is 0.157. The summed E-state index contributed by atoms with van der Waals surface area (Å²) >= 11 is 0. The fourth-order valence-electron chi connectivity index (χ4n) is 3.80. The number of aromatic nitrogens is 1. The Morgan fingerprint density at radius 2 is 2.12 bits per heavy atom. The minimum atomic E-state index is 0. The molecule has 2 heterocycles. The molecule has 5 nitrogen and oxygen atoms in total. The molecule has 0 aliphatic carbocycles. The molecule has 1 aliphatic rings. The summed E-state index contributed by atoms with van der Waals surface area (Å²) in [5, 5.41) is 8.27. The number of likely N-dealkylation sites (N-methyl/N-ethyl adjacent to an activating group) is 1. The summed E-state index contributed by atoms with van der Waals surface area (Å²) in [7, 11) is 1.85. The Balaban J connectivity index is 0.00000243. The second kappa shape index (κ2) is 10.8. The Morgan fingerprint density at radius 3 is 2.92 bits per heavy atom. The van der Waals surface area contributed by atoms with E-state index in [1.165, 1.54) is 42.3 Å². The van der Waals surface area contributed by atoms with Crippen LogP contribution in [0.15, 0.2) is 35.5 Å². The minimum Gasteiger partial charge on any atom is -0.361 e. The molecular formula is C20H32IN5. The van der Waals surface area contributed by atoms with Crippen molar-refractivity contribution in [2.45, 2.75) is 38.6 Å². The first-order valence-electron chi connectivity index (χ1n) is 9.55. The number of aliphatic imine (C=N–C) groups is 1. The Morgan fingerprint density at radius 1 is 1.27 bits per heavy atom. The lowest BCUT2D eigenvalue weighted by atomic mass is 10.0. The van der Waals surface area contributed by atoms with Gasteiger partial charge in [0.15, 0.2) is 5.96 Å². The quantitative estimate of drug-likeness (QED) is 0.346. The molecule has 144 valence electrons. The fourth-order valence-corrected chi connectivity index (χ4v) is 3.80. The van der Waals surface area contributed by atoms with Crippen molar-refractivity contribution in [3.05, 3.63) is 36.0 Å². The van der Waals surface area contributed by atoms with E-state index in [-0.39, 0.29) is 24.0 Å². The van der Waals surface area contributed by atoms with Crippen LogP contribution in [-0.4, -0.2) is 55.1 Å². The monoisotopic (exact) mass is 469 g/mol. The van der Waals surface area contributed by atoms with E-state index in [1.807, 2.05) is 7.05 Å². The van der Waals surface area contributed by atoms with Gasteiger partial charge >= 0.3 is 0 Å². The normalized spacial score (nSPS) is 18.5. The Labute approximate surface area is 174 Å². The number of para-hydroxylation sites is 1. The molecule has 0 amide bonds. The van der Waals surface area contributed by atoms with Gasteiger partial charge in [0.2, 0.25) is 0 Å². The maximum Gasteiger partial charge on any atom is 0.191 e. The molecule has 0 bridgehead atoms. The van der Waals surface area contributed by atoms with Crippen LogP contribution in [0.4, 0.5) is 0 Å². The van der Waals surface area contributed by atoms with Crippen molar-refractivity contribution >= 4 is 40.8 Å². The zero-order valence-corrected chi connectivity index (χ0v) is 18.3. The first-order valence-corrected chi connectivity index (χ1v) is 9.55. The molecule has 0 radical (unpaired) electrons. The van der Waals surface area contributed by atoms with E-state index < -0.39 is 0 Å². The highest BCUT2D eigenvalue weighted by molar-refractivity contribution is 14.0. The number of H-pyrrole nitrogens is 1. The molecule has 2 aromatic rings. The van der Waals surface area contributed by atoms with Gasteiger partial charge in [0.25, 0.3) is 0 Å². The number of aromatic amines is 1. The number of guanidine groups is 1. The number of nitrogens with zero attached hydrogens (tertiary/aromatic N) is 2. The van der Waals surface area contributed by atoms with Crippen LogP contribution in [-0.2, 0) is 6.42 Å². The van der Waals surface area contributed by atoms with Crippen molar-refractivity contribution in [3.8, 4) is 0 Å². The maximum atomic E-state index is 4.37. The smallest absolute Gasteiger partial charge is 0.191 e. The van der Waals surface area contributed by atoms with E-state index in [1.54, 1.807) is 0 Å². The molecule has 0 spiro atoms. The number of benzene rings is 1. The number of piperidine rings is 1. The van der Waals surface area contributed by atoms with Gasteiger partial charge in [-0.2, -0.15) is 0 Å². The minimum absolute atomic E-state index is 0. The number of fused-ring (bicyclic) bond motifs is 1. The molecule has 6 heteroatoms. The van der Waals surface area contributed by atoms with Crippen molar-refractivity contribution in [3.63, 3.8) is 0 Å². The van der Waals surface area contributed by atoms with Gasteiger partial charge in [-0.05, 0) is 44.0 Å². The van der Waals surface area contributed by atoms with Crippen molar-refractivity contribution in [2.75, 3.05) is 33.2 Å². The summed E-state index contributed by atoms with van der Waals surface area (Å²) < 4.78 is 0. The summed E-state index contributed by atoms with van der Waals surface area (Å²) in [6.45, 7) is 6.48. The molecule has 0 saturated carbocycles. The predicted octanol–water partition coefficient (Wildman–Crippen LogP) is 3.37. The summed E-state index contributed by atoms with van der Waals surface area (Å²) in [5.74, 6) is 0.904. The van der Waals surface area contributed by atoms with Crippen LogP contribution in [0.1, 0.15) is 31.7 Å². The lowest BCUT2D eigenvalue weighted by Crippen LogP contribution is -2.49. The topological polar surface area (TPSA) is 55.4 Å². The summed E-state index contributed by atoms with van der Waals surface area (Å²) in [6, 6.07) is 9.09. The molecular weight excluding hydrogens is 437 g/mol. The van der Waals surface area contributed by atoms with E-state index >= 15 is 0 Å². The van der Waals surface area contributed by atoms with Gasteiger partial charge in [-0.15, -0.1) is 24.0 Å². The first kappa shape index (κ1) is 21.0. The van der Waals surface area contributed by atoms with Gasteiger partial charge in [-0.25, -0.2) is 0 Å². The summed E-state index contributed by atoms with van der Waals surface area (Å²) in [6.07, 6.45) is 7.06. The zero-order chi connectivity index (χ0) is 17.5. The highest BCUT2D eigenvalue weighted by atomic mass is 127. The highest BCUT2D eigenvalue weighted by Crippen LogP contribution is 2.18. The van der Waals surface area contributed by atoms with Crippen molar-refractivity contribution in [1.29, 1.82) is 0 Å². The number of hydrogen-bond donors (Lipinski definition) is 3. The largest absolute Gasteiger partial charge is 0.361 e. The SMILES string of the molecule is CCN1CCCCC1CNC(=NC)NCCc1c[nH]c2ccccc12.I. The van der Waals surface area contributed by atoms with Gasteiger partial charge in [0, 0.05) is 43.3 Å². The number of nitrogens with one attached hydrogen (secondary N) is 3. The van der Waals surface area contributed by atoms with Crippen molar-refractivity contribution < 1.29 is 0 Å². The predicted molar refractivity (Wildman–Crippen MR) is 122 cm³/mol. The second-order valence-electron chi connectivity index (χ2n) is 6.77. The molecule has 1 aliphatic heterocycles. The molecule has 3 N–H and O–H groups in total. The maximum absolute atomic E-state index is 4.37. The molecule has 26 heavy (non-hydrogen) atoms. The number of hydrogen-bond acceptors (Lipinski definition) is 2. The number of rotatable bonds is 6. The van der Waals surface area contributed by atoms with Gasteiger partial charge in [-0.3, -0.25) is 9.89 Å². The molecule has 1 atom stereocenters. The molecule has 1 fully saturated rings. The average molecular weight is 469 g/mol. The number of halogens is 1. The van der Waals surface area contributed by atoms with E-state index in [4.69, 9.17) is 0 Å². The lowest BCUT2D eigenvalue weighted by Gasteiger charge is -2.35. The zero-order valence-electron chi connectivity index (χ0n) is 15.9. The van der Waals surface area contributed by atoms with Crippen molar-refractivity contribution in [1.82, 2.24) is 20.5 Å². The Kier molecular flexibility index (Phi) is 8.71. The molecule has 1 unspecified atom stereocenters. The van der Waals surface area contributed by atoms with E-state index in [0.29, 0.717) is 6.04 Å². The summed E-state index contributed by atoms with van der Waals surface area (Å²) in [4.78, 5) is 10.3. The Bertz CT molecular complexity index is 696. The molecule has 1 saturated heterocycles. The number of likely N-dealkylation sites (tertiary alicyclic amines) is 1. The average Bonchev–Trinajstić information content (AvgIpc) is 3.08. The van der Waals surface area contributed by atoms with Crippen LogP contribution < -0.4 is 10.6 Å². The van der Waals surface area contributed by atoms with Crippen LogP contribution >= 0.6 is 24.0 Å². The van der Waals surface area contributed by atoms with Crippen molar-refractivity contribution in [2.24, 2.45) is 4.99 Å². The van der Waals surface area contributed by atoms with Gasteiger partial charge < -0.3 is 15.6 Å². The van der Waals surface area contributed by atoms with Crippen LogP contribution in [0, 0.1) is 0 Å². The van der Waals surface area contributed by atoms with E-state index in [2.05, 4.69) is 62.9 Å². The Hall–Kier alpha value is -1.28. The highest BCUT2D eigenvalue weighted by Gasteiger charge is 2.20. The second-order valence-corrected chi connectivity index (χ2v) is 6.77. The third kappa shape index (κ3) is 5.36.